The molecule has 1 aliphatic heterocycles. The van der Waals surface area contributed by atoms with E-state index in [0.29, 0.717) is 12.8 Å². The Bertz CT molecular complexity index is 623. The molecule has 1 heterocycles. The Morgan fingerprint density at radius 1 is 0.732 bits per heavy atom. The Morgan fingerprint density at radius 2 is 1.22 bits per heavy atom. The topological polar surface area (TPSA) is 149 Å². The van der Waals surface area contributed by atoms with E-state index in [9.17, 15) is 30.3 Å². The highest BCUT2D eigenvalue weighted by Gasteiger charge is 2.44. The standard InChI is InChI=1S/C32H63NO8/c1-3-5-7-9-11-13-14-16-18-20-22-28(36)33-25(26(35)21-19-17-15-12-10-8-6-4-2)24-40-32-31(39)30(38)29(37)27(23-34)41-32/h25-27,29-32,34-35,37-39H,3-24H2,1-2H3,(H,33,36). The molecule has 0 spiro atoms. The highest BCUT2D eigenvalue weighted by atomic mass is 16.7. The van der Waals surface area contributed by atoms with Crippen LogP contribution in [0, 0.1) is 0 Å². The molecule has 0 radical (unpaired) electrons. The van der Waals surface area contributed by atoms with E-state index in [1.165, 1.54) is 77.0 Å². The van der Waals surface area contributed by atoms with Crippen LogP contribution in [0.5, 0.6) is 0 Å². The van der Waals surface area contributed by atoms with Gasteiger partial charge in [-0.05, 0) is 12.8 Å². The van der Waals surface area contributed by atoms with Gasteiger partial charge in [-0.15, -0.1) is 0 Å². The van der Waals surface area contributed by atoms with Gasteiger partial charge in [-0.1, -0.05) is 123 Å². The van der Waals surface area contributed by atoms with Crippen LogP contribution in [0.25, 0.3) is 0 Å². The van der Waals surface area contributed by atoms with Gasteiger partial charge in [0.15, 0.2) is 6.29 Å². The molecule has 1 aliphatic rings. The summed E-state index contributed by atoms with van der Waals surface area (Å²) >= 11 is 0. The van der Waals surface area contributed by atoms with Gasteiger partial charge in [0.25, 0.3) is 0 Å². The lowest BCUT2D eigenvalue weighted by molar-refractivity contribution is -0.302. The second-order valence-electron chi connectivity index (χ2n) is 12.0. The fourth-order valence-electron chi connectivity index (χ4n) is 5.39. The van der Waals surface area contributed by atoms with Crippen LogP contribution < -0.4 is 5.32 Å². The number of unbranched alkanes of at least 4 members (excludes halogenated alkanes) is 16. The van der Waals surface area contributed by atoms with E-state index in [2.05, 4.69) is 19.2 Å². The first-order valence-electron chi connectivity index (χ1n) is 16.7. The normalized spacial score (nSPS) is 24.3. The minimum atomic E-state index is -1.54. The molecule has 9 nitrogen and oxygen atoms in total. The number of ether oxygens (including phenoxy) is 2. The minimum absolute atomic E-state index is 0.134. The molecule has 0 aromatic carbocycles. The summed E-state index contributed by atoms with van der Waals surface area (Å²) in [5.74, 6) is -0.151. The maximum atomic E-state index is 12.7. The lowest BCUT2D eigenvalue weighted by Crippen LogP contribution is -2.60. The molecular weight excluding hydrogens is 526 g/mol. The molecule has 41 heavy (non-hydrogen) atoms. The molecule has 1 fully saturated rings. The van der Waals surface area contributed by atoms with Crippen molar-refractivity contribution in [2.24, 2.45) is 0 Å². The number of amides is 1. The Labute approximate surface area is 249 Å². The fraction of sp³-hybridized carbons (Fsp3) is 0.969. The fourth-order valence-corrected chi connectivity index (χ4v) is 5.39. The zero-order valence-corrected chi connectivity index (χ0v) is 26.1. The number of hydrogen-bond donors (Lipinski definition) is 6. The third kappa shape index (κ3) is 17.2. The molecule has 1 amide bonds. The summed E-state index contributed by atoms with van der Waals surface area (Å²) in [5.41, 5.74) is 0. The number of aliphatic hydroxyl groups excluding tert-OH is 5. The van der Waals surface area contributed by atoms with Gasteiger partial charge in [0.05, 0.1) is 25.4 Å². The summed E-state index contributed by atoms with van der Waals surface area (Å²) in [7, 11) is 0. The first-order chi connectivity index (χ1) is 19.8. The number of hydrogen-bond acceptors (Lipinski definition) is 8. The third-order valence-corrected chi connectivity index (χ3v) is 8.21. The smallest absolute Gasteiger partial charge is 0.220 e. The maximum absolute atomic E-state index is 12.7. The summed E-state index contributed by atoms with van der Waals surface area (Å²) in [6.45, 7) is 3.74. The summed E-state index contributed by atoms with van der Waals surface area (Å²) in [5, 5.41) is 53.6. The van der Waals surface area contributed by atoms with Crippen molar-refractivity contribution in [3.63, 3.8) is 0 Å². The predicted molar refractivity (Wildman–Crippen MR) is 161 cm³/mol. The van der Waals surface area contributed by atoms with E-state index in [4.69, 9.17) is 9.47 Å². The van der Waals surface area contributed by atoms with Crippen molar-refractivity contribution in [3.8, 4) is 0 Å². The Hall–Kier alpha value is -0.810. The Kier molecular flexibility index (Phi) is 22.9. The zero-order chi connectivity index (χ0) is 30.3. The number of nitrogens with one attached hydrogen (secondary N) is 1. The second-order valence-corrected chi connectivity index (χ2v) is 12.0. The minimum Gasteiger partial charge on any atom is -0.394 e. The molecule has 1 saturated heterocycles. The molecule has 1 rings (SSSR count). The van der Waals surface area contributed by atoms with Crippen molar-refractivity contribution in [1.82, 2.24) is 5.32 Å². The predicted octanol–water partition coefficient (Wildman–Crippen LogP) is 4.49. The summed E-state index contributed by atoms with van der Waals surface area (Å²) < 4.78 is 11.1. The molecule has 0 saturated carbocycles. The molecule has 0 aliphatic carbocycles. The molecule has 9 heteroatoms. The van der Waals surface area contributed by atoms with Crippen molar-refractivity contribution in [1.29, 1.82) is 0 Å². The number of carbonyl (C=O) groups is 1. The first-order valence-corrected chi connectivity index (χ1v) is 16.7. The SMILES string of the molecule is CCCCCCCCCCCCC(=O)NC(COC1OC(CO)C(O)C(O)C1O)C(O)CCCCCCCCCC. The molecule has 6 N–H and O–H groups in total. The summed E-state index contributed by atoms with van der Waals surface area (Å²) in [4.78, 5) is 12.7. The maximum Gasteiger partial charge on any atom is 0.220 e. The third-order valence-electron chi connectivity index (χ3n) is 8.21. The molecule has 0 aromatic rings. The molecule has 244 valence electrons. The average molecular weight is 590 g/mol. The van der Waals surface area contributed by atoms with Crippen LogP contribution in [0.1, 0.15) is 142 Å². The van der Waals surface area contributed by atoms with Crippen LogP contribution in [-0.4, -0.2) is 87.5 Å². The van der Waals surface area contributed by atoms with Gasteiger partial charge in [-0.2, -0.15) is 0 Å². The number of aliphatic hydroxyl groups is 5. The van der Waals surface area contributed by atoms with Crippen molar-refractivity contribution in [3.05, 3.63) is 0 Å². The van der Waals surface area contributed by atoms with E-state index in [-0.39, 0.29) is 12.5 Å². The van der Waals surface area contributed by atoms with Crippen LogP contribution in [0.2, 0.25) is 0 Å². The van der Waals surface area contributed by atoms with E-state index >= 15 is 0 Å². The molecule has 0 aromatic heterocycles. The van der Waals surface area contributed by atoms with Gasteiger partial charge in [-0.25, -0.2) is 0 Å². The second kappa shape index (κ2) is 24.6. The van der Waals surface area contributed by atoms with Crippen molar-refractivity contribution in [2.45, 2.75) is 185 Å². The Balaban J connectivity index is 2.49. The summed E-state index contributed by atoms with van der Waals surface area (Å²) in [6, 6.07) is -0.706. The lowest BCUT2D eigenvalue weighted by atomic mass is 9.99. The van der Waals surface area contributed by atoms with Crippen molar-refractivity contribution >= 4 is 5.91 Å². The highest BCUT2D eigenvalue weighted by Crippen LogP contribution is 2.23. The van der Waals surface area contributed by atoms with Crippen LogP contribution in [0.15, 0.2) is 0 Å². The van der Waals surface area contributed by atoms with Crippen LogP contribution in [-0.2, 0) is 14.3 Å². The first kappa shape index (κ1) is 38.2. The van der Waals surface area contributed by atoms with Gasteiger partial charge in [-0.3, -0.25) is 4.79 Å². The highest BCUT2D eigenvalue weighted by molar-refractivity contribution is 5.76. The van der Waals surface area contributed by atoms with Gasteiger partial charge < -0.3 is 40.3 Å². The van der Waals surface area contributed by atoms with Crippen LogP contribution in [0.4, 0.5) is 0 Å². The number of carbonyl (C=O) groups excluding carboxylic acids is 1. The molecular formula is C32H63NO8. The largest absolute Gasteiger partial charge is 0.394 e. The van der Waals surface area contributed by atoms with Gasteiger partial charge >= 0.3 is 0 Å². The lowest BCUT2D eigenvalue weighted by Gasteiger charge is -2.40. The van der Waals surface area contributed by atoms with Crippen molar-refractivity contribution < 1.29 is 39.8 Å². The molecule has 0 bridgehead atoms. The van der Waals surface area contributed by atoms with Crippen LogP contribution in [0.3, 0.4) is 0 Å². The van der Waals surface area contributed by atoms with E-state index in [0.717, 1.165) is 38.5 Å². The van der Waals surface area contributed by atoms with Gasteiger partial charge in [0.2, 0.25) is 5.91 Å². The zero-order valence-electron chi connectivity index (χ0n) is 26.1. The van der Waals surface area contributed by atoms with Crippen molar-refractivity contribution in [2.75, 3.05) is 13.2 Å². The van der Waals surface area contributed by atoms with Crippen LogP contribution >= 0.6 is 0 Å². The average Bonchev–Trinajstić information content (AvgIpc) is 2.97. The van der Waals surface area contributed by atoms with E-state index < -0.39 is 49.5 Å². The number of rotatable bonds is 26. The van der Waals surface area contributed by atoms with Gasteiger partial charge in [0.1, 0.15) is 24.4 Å². The Morgan fingerprint density at radius 3 is 1.73 bits per heavy atom. The van der Waals surface area contributed by atoms with Gasteiger partial charge in [0, 0.05) is 6.42 Å². The monoisotopic (exact) mass is 589 g/mol. The molecule has 7 unspecified atom stereocenters. The molecule has 7 atom stereocenters. The summed E-state index contributed by atoms with van der Waals surface area (Å²) in [6.07, 6.45) is 14.1. The quantitative estimate of drug-likeness (QED) is 0.0809. The van der Waals surface area contributed by atoms with E-state index in [1.807, 2.05) is 0 Å². The van der Waals surface area contributed by atoms with E-state index in [1.54, 1.807) is 0 Å².